The second kappa shape index (κ2) is 7.57. The van der Waals surface area contributed by atoms with E-state index in [1.54, 1.807) is 0 Å². The van der Waals surface area contributed by atoms with Crippen LogP contribution in [0.2, 0.25) is 0 Å². The summed E-state index contributed by atoms with van der Waals surface area (Å²) in [5.41, 5.74) is 1.72. The molecule has 4 rings (SSSR count). The number of ether oxygens (including phenoxy) is 2. The van der Waals surface area contributed by atoms with Gasteiger partial charge >= 0.3 is 0 Å². The molecule has 1 aromatic carbocycles. The number of nitrogens with one attached hydrogen (secondary N) is 2. The molecule has 2 saturated heterocycles. The van der Waals surface area contributed by atoms with E-state index in [9.17, 15) is 4.79 Å². The number of rotatable bonds is 4. The van der Waals surface area contributed by atoms with E-state index in [1.165, 1.54) is 6.42 Å². The Bertz CT molecular complexity index is 657. The fourth-order valence-electron chi connectivity index (χ4n) is 4.78. The van der Waals surface area contributed by atoms with Crippen molar-refractivity contribution in [3.05, 3.63) is 23.8 Å². The third kappa shape index (κ3) is 3.47. The quantitative estimate of drug-likeness (QED) is 0.867. The van der Waals surface area contributed by atoms with Crippen molar-refractivity contribution < 1.29 is 14.3 Å². The standard InChI is InChI=1S/C21H30N2O3/c1-15-12-17(5-6-19(15)26-18-7-10-25-11-8-18)23-20(24)21-9-3-2-4-16(21)13-22-14-21/h5-6,12,16,18,22H,2-4,7-11,13-14H2,1H3,(H,23,24)/t16-,21+/m0/s1. The molecule has 0 unspecified atom stereocenters. The lowest BCUT2D eigenvalue weighted by Gasteiger charge is -2.37. The number of carbonyl (C=O) groups excluding carboxylic acids is 1. The summed E-state index contributed by atoms with van der Waals surface area (Å²) in [6, 6.07) is 5.99. The fourth-order valence-corrected chi connectivity index (χ4v) is 4.78. The van der Waals surface area contributed by atoms with Gasteiger partial charge in [-0.25, -0.2) is 0 Å². The predicted octanol–water partition coefficient (Wildman–Crippen LogP) is 3.27. The highest BCUT2D eigenvalue weighted by Crippen LogP contribution is 2.44. The topological polar surface area (TPSA) is 59.6 Å². The zero-order chi connectivity index (χ0) is 18.0. The summed E-state index contributed by atoms with van der Waals surface area (Å²) in [5.74, 6) is 1.57. The van der Waals surface area contributed by atoms with Gasteiger partial charge in [0.25, 0.3) is 0 Å². The van der Waals surface area contributed by atoms with Crippen molar-refractivity contribution in [3.63, 3.8) is 0 Å². The number of fused-ring (bicyclic) bond motifs is 1. The Morgan fingerprint density at radius 3 is 2.92 bits per heavy atom. The Hall–Kier alpha value is -1.59. The van der Waals surface area contributed by atoms with E-state index in [2.05, 4.69) is 10.6 Å². The molecule has 0 aromatic heterocycles. The van der Waals surface area contributed by atoms with E-state index < -0.39 is 0 Å². The summed E-state index contributed by atoms with van der Waals surface area (Å²) in [6.07, 6.45) is 6.68. The maximum absolute atomic E-state index is 13.1. The normalized spacial score (nSPS) is 29.2. The summed E-state index contributed by atoms with van der Waals surface area (Å²) >= 11 is 0. The average molecular weight is 358 g/mol. The number of anilines is 1. The Balaban J connectivity index is 1.43. The van der Waals surface area contributed by atoms with Gasteiger partial charge in [0.05, 0.1) is 18.6 Å². The molecule has 3 aliphatic rings. The highest BCUT2D eigenvalue weighted by Gasteiger charge is 2.49. The van der Waals surface area contributed by atoms with Gasteiger partial charge in [-0.1, -0.05) is 12.8 Å². The van der Waals surface area contributed by atoms with Crippen molar-refractivity contribution in [2.45, 2.75) is 51.6 Å². The van der Waals surface area contributed by atoms with Gasteiger partial charge in [0.1, 0.15) is 11.9 Å². The van der Waals surface area contributed by atoms with E-state index >= 15 is 0 Å². The Morgan fingerprint density at radius 1 is 1.27 bits per heavy atom. The van der Waals surface area contributed by atoms with E-state index in [0.717, 1.165) is 75.4 Å². The van der Waals surface area contributed by atoms with Gasteiger partial charge in [-0.3, -0.25) is 4.79 Å². The second-order valence-electron chi connectivity index (χ2n) is 8.09. The van der Waals surface area contributed by atoms with E-state index in [1.807, 2.05) is 25.1 Å². The van der Waals surface area contributed by atoms with Crippen molar-refractivity contribution in [1.29, 1.82) is 0 Å². The molecule has 2 atom stereocenters. The van der Waals surface area contributed by atoms with Crippen LogP contribution in [0.3, 0.4) is 0 Å². The number of hydrogen-bond donors (Lipinski definition) is 2. The molecule has 2 N–H and O–H groups in total. The molecular weight excluding hydrogens is 328 g/mol. The van der Waals surface area contributed by atoms with Gasteiger partial charge in [0, 0.05) is 25.1 Å². The summed E-state index contributed by atoms with van der Waals surface area (Å²) in [4.78, 5) is 13.1. The zero-order valence-corrected chi connectivity index (χ0v) is 15.7. The second-order valence-corrected chi connectivity index (χ2v) is 8.09. The number of benzene rings is 1. The van der Waals surface area contributed by atoms with Crippen LogP contribution >= 0.6 is 0 Å². The van der Waals surface area contributed by atoms with Crippen LogP contribution in [0.5, 0.6) is 5.75 Å². The molecule has 0 bridgehead atoms. The first-order valence-corrected chi connectivity index (χ1v) is 10.0. The first-order valence-electron chi connectivity index (χ1n) is 10.0. The first kappa shape index (κ1) is 17.8. The van der Waals surface area contributed by atoms with Crippen LogP contribution in [0, 0.1) is 18.3 Å². The van der Waals surface area contributed by atoms with Gasteiger partial charge in [-0.15, -0.1) is 0 Å². The monoisotopic (exact) mass is 358 g/mol. The molecule has 0 radical (unpaired) electrons. The van der Waals surface area contributed by atoms with Crippen LogP contribution in [-0.4, -0.2) is 38.3 Å². The largest absolute Gasteiger partial charge is 0.490 e. The summed E-state index contributed by atoms with van der Waals surface area (Å²) in [7, 11) is 0. The number of amides is 1. The predicted molar refractivity (Wildman–Crippen MR) is 102 cm³/mol. The van der Waals surface area contributed by atoms with Crippen molar-refractivity contribution in [3.8, 4) is 5.75 Å². The summed E-state index contributed by atoms with van der Waals surface area (Å²) < 4.78 is 11.5. The minimum absolute atomic E-state index is 0.185. The fraction of sp³-hybridized carbons (Fsp3) is 0.667. The van der Waals surface area contributed by atoms with Gasteiger partial charge in [0.2, 0.25) is 5.91 Å². The molecule has 26 heavy (non-hydrogen) atoms. The Kier molecular flexibility index (Phi) is 5.18. The van der Waals surface area contributed by atoms with Crippen molar-refractivity contribution in [1.82, 2.24) is 5.32 Å². The maximum atomic E-state index is 13.1. The first-order chi connectivity index (χ1) is 12.7. The van der Waals surface area contributed by atoms with Crippen LogP contribution in [0.15, 0.2) is 18.2 Å². The van der Waals surface area contributed by atoms with Crippen LogP contribution in [0.1, 0.15) is 44.1 Å². The lowest BCUT2D eigenvalue weighted by Crippen LogP contribution is -2.44. The molecule has 0 spiro atoms. The molecule has 1 amide bonds. The molecular formula is C21H30N2O3. The average Bonchev–Trinajstić information content (AvgIpc) is 3.10. The molecule has 2 heterocycles. The molecule has 1 aromatic rings. The minimum Gasteiger partial charge on any atom is -0.490 e. The molecule has 3 fully saturated rings. The van der Waals surface area contributed by atoms with Crippen molar-refractivity contribution in [2.75, 3.05) is 31.6 Å². The summed E-state index contributed by atoms with van der Waals surface area (Å²) in [6.45, 7) is 5.38. The van der Waals surface area contributed by atoms with Gasteiger partial charge in [-0.05, 0) is 56.0 Å². The Morgan fingerprint density at radius 2 is 2.12 bits per heavy atom. The summed E-state index contributed by atoms with van der Waals surface area (Å²) in [5, 5.41) is 6.64. The lowest BCUT2D eigenvalue weighted by atomic mass is 9.67. The number of hydrogen-bond acceptors (Lipinski definition) is 4. The smallest absolute Gasteiger partial charge is 0.232 e. The van der Waals surface area contributed by atoms with Gasteiger partial charge in [-0.2, -0.15) is 0 Å². The van der Waals surface area contributed by atoms with Crippen molar-refractivity contribution in [2.24, 2.45) is 11.3 Å². The highest BCUT2D eigenvalue weighted by molar-refractivity contribution is 5.96. The Labute approximate surface area is 155 Å². The minimum atomic E-state index is -0.219. The molecule has 1 saturated carbocycles. The third-order valence-electron chi connectivity index (χ3n) is 6.39. The number of aryl methyl sites for hydroxylation is 1. The van der Waals surface area contributed by atoms with Crippen LogP contribution < -0.4 is 15.4 Å². The highest BCUT2D eigenvalue weighted by atomic mass is 16.5. The number of carbonyl (C=O) groups is 1. The lowest BCUT2D eigenvalue weighted by molar-refractivity contribution is -0.128. The molecule has 5 nitrogen and oxygen atoms in total. The van der Waals surface area contributed by atoms with E-state index in [0.29, 0.717) is 5.92 Å². The molecule has 2 aliphatic heterocycles. The van der Waals surface area contributed by atoms with Gasteiger partial charge < -0.3 is 20.1 Å². The SMILES string of the molecule is Cc1cc(NC(=O)[C@@]23CCCC[C@H]2CNC3)ccc1OC1CCOCC1. The van der Waals surface area contributed by atoms with E-state index in [4.69, 9.17) is 9.47 Å². The van der Waals surface area contributed by atoms with Crippen LogP contribution in [0.25, 0.3) is 0 Å². The molecule has 5 heteroatoms. The molecule has 1 aliphatic carbocycles. The van der Waals surface area contributed by atoms with Crippen LogP contribution in [0.4, 0.5) is 5.69 Å². The van der Waals surface area contributed by atoms with E-state index in [-0.39, 0.29) is 17.4 Å². The van der Waals surface area contributed by atoms with Gasteiger partial charge in [0.15, 0.2) is 0 Å². The zero-order valence-electron chi connectivity index (χ0n) is 15.7. The van der Waals surface area contributed by atoms with Crippen LogP contribution in [-0.2, 0) is 9.53 Å². The maximum Gasteiger partial charge on any atom is 0.232 e. The molecule has 142 valence electrons. The third-order valence-corrected chi connectivity index (χ3v) is 6.39. The van der Waals surface area contributed by atoms with Crippen molar-refractivity contribution >= 4 is 11.6 Å².